The highest BCUT2D eigenvalue weighted by molar-refractivity contribution is 5.81. The van der Waals surface area contributed by atoms with Crippen molar-refractivity contribution in [2.24, 2.45) is 11.8 Å². The highest BCUT2D eigenvalue weighted by atomic mass is 16.5. The van der Waals surface area contributed by atoms with Gasteiger partial charge in [0.2, 0.25) is 5.88 Å². The van der Waals surface area contributed by atoms with Crippen LogP contribution in [0.15, 0.2) is 42.7 Å². The lowest BCUT2D eigenvalue weighted by molar-refractivity contribution is -0.149. The quantitative estimate of drug-likeness (QED) is 0.679. The second kappa shape index (κ2) is 8.05. The molecule has 1 N–H and O–H groups in total. The Balaban J connectivity index is 1.45. The minimum Gasteiger partial charge on any atom is -0.481 e. The molecule has 1 aromatic carbocycles. The Hall–Kier alpha value is -2.77. The predicted octanol–water partition coefficient (Wildman–Crippen LogP) is 3.16. The average Bonchev–Trinajstić information content (AvgIpc) is 2.79. The molecule has 1 aliphatic carbocycles. The Morgan fingerprint density at radius 1 is 1.06 bits per heavy atom. The van der Waals surface area contributed by atoms with Crippen LogP contribution >= 0.6 is 0 Å². The van der Waals surface area contributed by atoms with Crippen LogP contribution in [-0.2, 0) is 12.1 Å². The Bertz CT molecular complexity index is 1070. The highest BCUT2D eigenvalue weighted by Gasteiger charge is 2.53. The van der Waals surface area contributed by atoms with Gasteiger partial charge >= 0.3 is 6.01 Å². The standard InChI is InChI=1S/C24H28N4O3/c1-30-22-20(12-26-23(27-22)31-2)24(29)17-7-4-8-18(24)15-28(14-17)13-16-6-3-10-21-19(16)9-5-11-25-21/h3,5-6,9-12,17-18,29H,4,7-8,13-15H2,1-2H3/t17-,18+,24?. The number of pyridine rings is 1. The Kier molecular flexibility index (Phi) is 5.24. The van der Waals surface area contributed by atoms with Crippen molar-refractivity contribution < 1.29 is 14.6 Å². The molecule has 3 aromatic rings. The summed E-state index contributed by atoms with van der Waals surface area (Å²) in [6.45, 7) is 2.49. The molecular weight excluding hydrogens is 392 g/mol. The van der Waals surface area contributed by atoms with E-state index in [1.54, 1.807) is 13.3 Å². The smallest absolute Gasteiger partial charge is 0.319 e. The third kappa shape index (κ3) is 3.42. The summed E-state index contributed by atoms with van der Waals surface area (Å²) in [7, 11) is 3.10. The van der Waals surface area contributed by atoms with Crippen molar-refractivity contribution in [1.82, 2.24) is 19.9 Å². The third-order valence-electron chi connectivity index (χ3n) is 6.98. The first kappa shape index (κ1) is 20.2. The summed E-state index contributed by atoms with van der Waals surface area (Å²) in [4.78, 5) is 15.6. The Morgan fingerprint density at radius 3 is 2.61 bits per heavy atom. The van der Waals surface area contributed by atoms with Crippen LogP contribution in [0.4, 0.5) is 0 Å². The van der Waals surface area contributed by atoms with Crippen molar-refractivity contribution >= 4 is 10.9 Å². The number of ether oxygens (including phenoxy) is 2. The van der Waals surface area contributed by atoms with Gasteiger partial charge in [-0.15, -0.1) is 0 Å². The second-order valence-electron chi connectivity index (χ2n) is 8.61. The van der Waals surface area contributed by atoms with Crippen molar-refractivity contribution in [2.45, 2.75) is 31.4 Å². The molecule has 3 heterocycles. The molecule has 2 aliphatic rings. The van der Waals surface area contributed by atoms with Crippen LogP contribution < -0.4 is 9.47 Å². The number of methoxy groups -OCH3 is 2. The van der Waals surface area contributed by atoms with Crippen molar-refractivity contribution in [3.8, 4) is 11.9 Å². The Labute approximate surface area is 182 Å². The molecule has 1 aliphatic heterocycles. The summed E-state index contributed by atoms with van der Waals surface area (Å²) in [5.41, 5.74) is 1.99. The molecule has 2 bridgehead atoms. The lowest BCUT2D eigenvalue weighted by Gasteiger charge is -2.53. The molecule has 7 nitrogen and oxygen atoms in total. The maximum absolute atomic E-state index is 12.0. The van der Waals surface area contributed by atoms with Crippen LogP contribution in [-0.4, -0.2) is 52.3 Å². The van der Waals surface area contributed by atoms with E-state index in [0.29, 0.717) is 11.4 Å². The third-order valence-corrected chi connectivity index (χ3v) is 6.98. The number of rotatable bonds is 5. The summed E-state index contributed by atoms with van der Waals surface area (Å²) in [6, 6.07) is 10.7. The van der Waals surface area contributed by atoms with Gasteiger partial charge in [0, 0.05) is 49.2 Å². The number of hydrogen-bond acceptors (Lipinski definition) is 7. The van der Waals surface area contributed by atoms with Gasteiger partial charge in [-0.3, -0.25) is 9.88 Å². The first-order valence-electron chi connectivity index (χ1n) is 10.9. The molecule has 0 radical (unpaired) electrons. The normalized spacial score (nSPS) is 26.0. The van der Waals surface area contributed by atoms with E-state index in [-0.39, 0.29) is 17.8 Å². The molecule has 5 rings (SSSR count). The molecule has 2 aromatic heterocycles. The molecule has 1 unspecified atom stereocenters. The van der Waals surface area contributed by atoms with E-state index in [1.807, 2.05) is 12.3 Å². The fourth-order valence-electron chi connectivity index (χ4n) is 5.54. The first-order valence-corrected chi connectivity index (χ1v) is 10.9. The van der Waals surface area contributed by atoms with Gasteiger partial charge in [0.25, 0.3) is 0 Å². The molecule has 2 fully saturated rings. The molecule has 3 atom stereocenters. The average molecular weight is 421 g/mol. The zero-order chi connectivity index (χ0) is 21.4. The molecule has 31 heavy (non-hydrogen) atoms. The van der Waals surface area contributed by atoms with Gasteiger partial charge in [-0.05, 0) is 30.5 Å². The predicted molar refractivity (Wildman–Crippen MR) is 117 cm³/mol. The lowest BCUT2D eigenvalue weighted by Crippen LogP contribution is -2.58. The number of aliphatic hydroxyl groups is 1. The van der Waals surface area contributed by atoms with E-state index in [4.69, 9.17) is 9.47 Å². The van der Waals surface area contributed by atoms with Gasteiger partial charge in [0.05, 0.1) is 25.3 Å². The van der Waals surface area contributed by atoms with Gasteiger partial charge in [0.1, 0.15) is 5.60 Å². The van der Waals surface area contributed by atoms with E-state index in [2.05, 4.69) is 44.1 Å². The first-order chi connectivity index (χ1) is 15.1. The van der Waals surface area contributed by atoms with Crippen molar-refractivity contribution in [1.29, 1.82) is 0 Å². The van der Waals surface area contributed by atoms with Gasteiger partial charge in [0.15, 0.2) is 0 Å². The van der Waals surface area contributed by atoms with Crippen LogP contribution in [0, 0.1) is 11.8 Å². The number of hydrogen-bond donors (Lipinski definition) is 1. The maximum atomic E-state index is 12.0. The zero-order valence-corrected chi connectivity index (χ0v) is 18.0. The number of likely N-dealkylation sites (tertiary alicyclic amines) is 1. The summed E-state index contributed by atoms with van der Waals surface area (Å²) >= 11 is 0. The van der Waals surface area contributed by atoms with Gasteiger partial charge in [-0.2, -0.15) is 4.98 Å². The van der Waals surface area contributed by atoms with Crippen LogP contribution in [0.25, 0.3) is 10.9 Å². The number of benzene rings is 1. The number of nitrogens with zero attached hydrogens (tertiary/aromatic N) is 4. The zero-order valence-electron chi connectivity index (χ0n) is 18.0. The van der Waals surface area contributed by atoms with E-state index >= 15 is 0 Å². The maximum Gasteiger partial charge on any atom is 0.319 e. The number of aromatic nitrogens is 3. The molecule has 0 spiro atoms. The fraction of sp³-hybridized carbons (Fsp3) is 0.458. The molecule has 0 amide bonds. The monoisotopic (exact) mass is 420 g/mol. The molecule has 1 saturated carbocycles. The summed E-state index contributed by atoms with van der Waals surface area (Å²) in [5, 5.41) is 13.2. The van der Waals surface area contributed by atoms with E-state index in [0.717, 1.165) is 44.4 Å². The molecule has 7 heteroatoms. The van der Waals surface area contributed by atoms with Gasteiger partial charge in [-0.1, -0.05) is 24.6 Å². The number of piperidine rings is 1. The largest absolute Gasteiger partial charge is 0.481 e. The highest BCUT2D eigenvalue weighted by Crippen LogP contribution is 2.51. The van der Waals surface area contributed by atoms with Crippen LogP contribution in [0.5, 0.6) is 11.9 Å². The van der Waals surface area contributed by atoms with E-state index < -0.39 is 5.60 Å². The van der Waals surface area contributed by atoms with E-state index in [9.17, 15) is 5.11 Å². The van der Waals surface area contributed by atoms with Crippen LogP contribution in [0.1, 0.15) is 30.4 Å². The van der Waals surface area contributed by atoms with Crippen molar-refractivity contribution in [3.05, 3.63) is 53.9 Å². The Morgan fingerprint density at radius 2 is 1.87 bits per heavy atom. The van der Waals surface area contributed by atoms with Gasteiger partial charge < -0.3 is 14.6 Å². The lowest BCUT2D eigenvalue weighted by atomic mass is 9.63. The van der Waals surface area contributed by atoms with Crippen LogP contribution in [0.3, 0.4) is 0 Å². The summed E-state index contributed by atoms with van der Waals surface area (Å²) in [5.74, 6) is 0.595. The molecular formula is C24H28N4O3. The topological polar surface area (TPSA) is 80.6 Å². The summed E-state index contributed by atoms with van der Waals surface area (Å²) in [6.07, 6.45) is 6.58. The molecule has 162 valence electrons. The minimum absolute atomic E-state index is 0.0963. The summed E-state index contributed by atoms with van der Waals surface area (Å²) < 4.78 is 10.7. The van der Waals surface area contributed by atoms with E-state index in [1.165, 1.54) is 18.1 Å². The van der Waals surface area contributed by atoms with Gasteiger partial charge in [-0.25, -0.2) is 4.98 Å². The van der Waals surface area contributed by atoms with Crippen molar-refractivity contribution in [3.63, 3.8) is 0 Å². The SMILES string of the molecule is COc1ncc(C2(O)[C@@H]3CCC[C@H]2CN(Cc2cccc4ncccc24)C3)c(OC)n1. The minimum atomic E-state index is -0.993. The van der Waals surface area contributed by atoms with Crippen molar-refractivity contribution in [2.75, 3.05) is 27.3 Å². The molecule has 1 saturated heterocycles. The fourth-order valence-corrected chi connectivity index (χ4v) is 5.54. The van der Waals surface area contributed by atoms with Crippen LogP contribution in [0.2, 0.25) is 0 Å². The second-order valence-corrected chi connectivity index (χ2v) is 8.61. The number of fused-ring (bicyclic) bond motifs is 3.